The number of rotatable bonds is 1. The minimum absolute atomic E-state index is 0.194. The molecule has 0 amide bonds. The molecule has 1 unspecified atom stereocenters. The smallest absolute Gasteiger partial charge is 0.312 e. The zero-order chi connectivity index (χ0) is 5.11. The highest BCUT2D eigenvalue weighted by Gasteiger charge is 2.16. The molecule has 0 radical (unpaired) electrons. The van der Waals surface area contributed by atoms with E-state index in [1.165, 1.54) is 0 Å². The van der Waals surface area contributed by atoms with Crippen molar-refractivity contribution in [1.29, 1.82) is 0 Å². The molecule has 1 aliphatic rings. The molecule has 0 saturated carbocycles. The molecular weight excluding hydrogens is 96.0 g/mol. The minimum Gasteiger partial charge on any atom is -0.352 e. The van der Waals surface area contributed by atoms with Crippen LogP contribution in [0.1, 0.15) is 0 Å². The molecule has 0 bridgehead atoms. The molecule has 1 fully saturated rings. The van der Waals surface area contributed by atoms with E-state index in [9.17, 15) is 0 Å². The van der Waals surface area contributed by atoms with Gasteiger partial charge in [0.05, 0.1) is 6.61 Å². The summed E-state index contributed by atoms with van der Waals surface area (Å²) in [6.45, 7) is 0.790. The molecule has 0 aliphatic carbocycles. The third-order valence-electron chi connectivity index (χ3n) is 0.814. The van der Waals surface area contributed by atoms with Gasteiger partial charge in [0.15, 0.2) is 6.10 Å². The molecule has 1 saturated heterocycles. The Morgan fingerprint density at radius 2 is 2.57 bits per heavy atom. The van der Waals surface area contributed by atoms with Gasteiger partial charge in [-0.1, -0.05) is 0 Å². The summed E-state index contributed by atoms with van der Waals surface area (Å²) in [5.74, 6) is 0. The van der Waals surface area contributed by atoms with Crippen LogP contribution >= 0.6 is 0 Å². The van der Waals surface area contributed by atoms with Crippen molar-refractivity contribution in [3.05, 3.63) is 0 Å². The topological polar surface area (TPSA) is 39.9 Å². The monoisotopic (exact) mass is 103 g/mol. The molecule has 0 aromatic rings. The average Bonchev–Trinajstić information content (AvgIpc) is 2.14. The fraction of sp³-hybridized carbons (Fsp3) is 0.750. The molecule has 1 rings (SSSR count). The summed E-state index contributed by atoms with van der Waals surface area (Å²) < 4.78 is 9.51. The largest absolute Gasteiger partial charge is 0.352 e. The van der Waals surface area contributed by atoms with Gasteiger partial charge >= 0.3 is 6.29 Å². The van der Waals surface area contributed by atoms with Gasteiger partial charge in [0.2, 0.25) is 0 Å². The van der Waals surface area contributed by atoms with E-state index >= 15 is 0 Å². The highest BCUT2D eigenvalue weighted by Crippen LogP contribution is 1.97. The summed E-state index contributed by atoms with van der Waals surface area (Å²) in [5.41, 5.74) is 0. The van der Waals surface area contributed by atoms with Crippen LogP contribution in [0, 0.1) is 0 Å². The highest BCUT2D eigenvalue weighted by atomic mass is 16.7. The lowest BCUT2D eigenvalue weighted by molar-refractivity contribution is 0.0604. The second kappa shape index (κ2) is 2.04. The SMILES string of the molecule is [OH+]=CC1COCO1. The van der Waals surface area contributed by atoms with Gasteiger partial charge in [0, 0.05) is 0 Å². The van der Waals surface area contributed by atoms with E-state index in [1.54, 1.807) is 0 Å². The second-order valence-electron chi connectivity index (χ2n) is 1.34. The standard InChI is InChI=1S/C4H6O3/c5-1-4-2-6-3-7-4/h1,4H,2-3H2/p+1. The van der Waals surface area contributed by atoms with Crippen molar-refractivity contribution >= 4 is 6.29 Å². The summed E-state index contributed by atoms with van der Waals surface area (Å²) in [4.78, 5) is 8.24. The van der Waals surface area contributed by atoms with Crippen LogP contribution in [0.3, 0.4) is 0 Å². The Bertz CT molecular complexity index is 65.3. The minimum atomic E-state index is -0.194. The molecule has 40 valence electrons. The first-order valence-electron chi connectivity index (χ1n) is 2.10. The van der Waals surface area contributed by atoms with Crippen LogP contribution in [0.4, 0.5) is 0 Å². The van der Waals surface area contributed by atoms with Crippen molar-refractivity contribution in [2.75, 3.05) is 13.4 Å². The van der Waals surface area contributed by atoms with E-state index in [2.05, 4.69) is 0 Å². The van der Waals surface area contributed by atoms with Crippen LogP contribution in [-0.4, -0.2) is 30.6 Å². The average molecular weight is 103 g/mol. The molecule has 1 heterocycles. The first-order chi connectivity index (χ1) is 3.43. The van der Waals surface area contributed by atoms with E-state index in [0.29, 0.717) is 13.4 Å². The van der Waals surface area contributed by atoms with Gasteiger partial charge in [-0.15, -0.1) is 0 Å². The molecule has 1 atom stereocenters. The van der Waals surface area contributed by atoms with E-state index in [1.807, 2.05) is 0 Å². The summed E-state index contributed by atoms with van der Waals surface area (Å²) in [6, 6.07) is 0. The molecule has 7 heavy (non-hydrogen) atoms. The van der Waals surface area contributed by atoms with E-state index in [0.717, 1.165) is 6.29 Å². The van der Waals surface area contributed by atoms with E-state index in [-0.39, 0.29) is 6.10 Å². The lowest BCUT2D eigenvalue weighted by Gasteiger charge is -1.85. The normalized spacial score (nSPS) is 30.6. The molecule has 3 nitrogen and oxygen atoms in total. The van der Waals surface area contributed by atoms with Gasteiger partial charge in [-0.25, -0.2) is 0 Å². The zero-order valence-corrected chi connectivity index (χ0v) is 3.83. The molecular formula is C4H7O3+. The van der Waals surface area contributed by atoms with Crippen molar-refractivity contribution in [2.45, 2.75) is 6.10 Å². The van der Waals surface area contributed by atoms with Crippen molar-refractivity contribution in [3.63, 3.8) is 0 Å². The van der Waals surface area contributed by atoms with Crippen LogP contribution in [0.15, 0.2) is 0 Å². The molecule has 0 aromatic heterocycles. The van der Waals surface area contributed by atoms with Crippen LogP contribution in [-0.2, 0) is 9.47 Å². The predicted octanol–water partition coefficient (Wildman–Crippen LogP) is -0.466. The number of ether oxygens (including phenoxy) is 2. The summed E-state index contributed by atoms with van der Waals surface area (Å²) in [5, 5.41) is 0. The van der Waals surface area contributed by atoms with E-state index in [4.69, 9.17) is 14.3 Å². The Balaban J connectivity index is 2.26. The van der Waals surface area contributed by atoms with Crippen LogP contribution < -0.4 is 0 Å². The number of hydrogen-bond donors (Lipinski definition) is 0. The van der Waals surface area contributed by atoms with Gasteiger partial charge in [-0.2, -0.15) is 0 Å². The third kappa shape index (κ3) is 0.976. The van der Waals surface area contributed by atoms with Crippen molar-refractivity contribution in [3.8, 4) is 0 Å². The maximum atomic E-state index is 8.24. The Labute approximate surface area is 41.2 Å². The zero-order valence-electron chi connectivity index (χ0n) is 3.83. The molecule has 1 aliphatic heterocycles. The third-order valence-corrected chi connectivity index (χ3v) is 0.814. The van der Waals surface area contributed by atoms with Gasteiger partial charge < -0.3 is 9.47 Å². The lowest BCUT2D eigenvalue weighted by atomic mass is 10.4. The summed E-state index contributed by atoms with van der Waals surface area (Å²) >= 11 is 0. The quantitative estimate of drug-likeness (QED) is 0.332. The lowest BCUT2D eigenvalue weighted by Crippen LogP contribution is -2.09. The predicted molar refractivity (Wildman–Crippen MR) is 23.7 cm³/mol. The second-order valence-corrected chi connectivity index (χ2v) is 1.34. The Kier molecular flexibility index (Phi) is 1.38. The Hall–Kier alpha value is -0.410. The van der Waals surface area contributed by atoms with Crippen LogP contribution in [0.5, 0.6) is 0 Å². The highest BCUT2D eigenvalue weighted by molar-refractivity contribution is 5.57. The van der Waals surface area contributed by atoms with Crippen molar-refractivity contribution in [1.82, 2.24) is 0 Å². The Morgan fingerprint density at radius 3 is 2.86 bits per heavy atom. The molecule has 0 spiro atoms. The maximum absolute atomic E-state index is 8.24. The maximum Gasteiger partial charge on any atom is 0.312 e. The Morgan fingerprint density at radius 1 is 1.71 bits per heavy atom. The van der Waals surface area contributed by atoms with E-state index < -0.39 is 0 Å². The van der Waals surface area contributed by atoms with Gasteiger partial charge in [-0.3, -0.25) is 4.79 Å². The van der Waals surface area contributed by atoms with Gasteiger partial charge in [-0.05, 0) is 0 Å². The first kappa shape index (κ1) is 4.74. The number of carbonyl (C=O) groups excluding carboxylic acids is 1. The number of aldehydes is 1. The molecule has 1 N–H and O–H groups in total. The fourth-order valence-electron chi connectivity index (χ4n) is 0.434. The van der Waals surface area contributed by atoms with Crippen molar-refractivity contribution < 1.29 is 14.3 Å². The summed E-state index contributed by atoms with van der Waals surface area (Å²) in [7, 11) is 0. The first-order valence-corrected chi connectivity index (χ1v) is 2.10. The molecule has 3 heteroatoms. The van der Waals surface area contributed by atoms with Gasteiger partial charge in [0.25, 0.3) is 0 Å². The van der Waals surface area contributed by atoms with Crippen molar-refractivity contribution in [2.24, 2.45) is 0 Å². The molecule has 0 aromatic carbocycles. The van der Waals surface area contributed by atoms with Crippen LogP contribution in [0.25, 0.3) is 0 Å². The summed E-state index contributed by atoms with van der Waals surface area (Å²) in [6.07, 6.45) is 0.799. The fourth-order valence-corrected chi connectivity index (χ4v) is 0.434. The van der Waals surface area contributed by atoms with Gasteiger partial charge in [0.1, 0.15) is 6.79 Å². The van der Waals surface area contributed by atoms with Crippen LogP contribution in [0.2, 0.25) is 0 Å². The number of hydrogen-bond acceptors (Lipinski definition) is 2.